The number of rotatable bonds is 3. The number of hydrazone groups is 1. The minimum Gasteiger partial charge on any atom is -0.274 e. The fourth-order valence-electron chi connectivity index (χ4n) is 1.42. The van der Waals surface area contributed by atoms with Crippen molar-refractivity contribution in [2.75, 3.05) is 5.43 Å². The van der Waals surface area contributed by atoms with Gasteiger partial charge in [-0.15, -0.1) is 0 Å². The lowest BCUT2D eigenvalue weighted by molar-refractivity contribution is 0.627. The molecule has 0 saturated heterocycles. The number of aromatic nitrogens is 2. The van der Waals surface area contributed by atoms with Gasteiger partial charge in [0.15, 0.2) is 0 Å². The third-order valence-corrected chi connectivity index (χ3v) is 2.67. The monoisotopic (exact) mass is 332 g/mol. The van der Waals surface area contributed by atoms with Gasteiger partial charge in [-0.3, -0.25) is 5.43 Å². The van der Waals surface area contributed by atoms with E-state index in [1.54, 1.807) is 24.5 Å². The van der Waals surface area contributed by atoms with Crippen molar-refractivity contribution in [3.63, 3.8) is 0 Å². The van der Waals surface area contributed by atoms with Crippen LogP contribution in [-0.4, -0.2) is 15.5 Å². The highest BCUT2D eigenvalue weighted by molar-refractivity contribution is 9.10. The quantitative estimate of drug-likeness (QED) is 0.690. The van der Waals surface area contributed by atoms with Crippen LogP contribution in [0.25, 0.3) is 5.69 Å². The van der Waals surface area contributed by atoms with E-state index in [0.29, 0.717) is 5.69 Å². The predicted octanol–water partition coefficient (Wildman–Crippen LogP) is 2.59. The molecule has 0 atom stereocenters. The van der Waals surface area contributed by atoms with Crippen LogP contribution in [-0.2, 0) is 0 Å². The Balaban J connectivity index is 2.42. The molecule has 98 valence electrons. The summed E-state index contributed by atoms with van der Waals surface area (Å²) in [6, 6.07) is 7.18. The molecule has 0 saturated carbocycles. The maximum Gasteiger partial charge on any atom is 0.237 e. The van der Waals surface area contributed by atoms with Gasteiger partial charge in [0.2, 0.25) is 5.71 Å². The molecule has 8 heteroatoms. The molecule has 0 spiro atoms. The summed E-state index contributed by atoms with van der Waals surface area (Å²) < 4.78 is 15.6. The van der Waals surface area contributed by atoms with Crippen molar-refractivity contribution in [1.29, 1.82) is 10.5 Å². The molecule has 1 heterocycles. The molecule has 0 amide bonds. The van der Waals surface area contributed by atoms with Crippen molar-refractivity contribution in [1.82, 2.24) is 9.78 Å². The Hall–Kier alpha value is -2.71. The van der Waals surface area contributed by atoms with Crippen molar-refractivity contribution < 1.29 is 4.39 Å². The maximum absolute atomic E-state index is 13.3. The lowest BCUT2D eigenvalue weighted by Gasteiger charge is -2.08. The van der Waals surface area contributed by atoms with Gasteiger partial charge in [-0.2, -0.15) is 20.7 Å². The van der Waals surface area contributed by atoms with Gasteiger partial charge in [-0.1, -0.05) is 0 Å². The van der Waals surface area contributed by atoms with Crippen LogP contribution in [0.5, 0.6) is 0 Å². The van der Waals surface area contributed by atoms with E-state index >= 15 is 0 Å². The molecule has 0 fully saturated rings. The Morgan fingerprint density at radius 3 is 2.75 bits per heavy atom. The SMILES string of the molecule is N#CC(C#N)=NNc1cc(F)ccc1-n1cc(Br)cn1. The van der Waals surface area contributed by atoms with Crippen LogP contribution < -0.4 is 5.43 Å². The second kappa shape index (κ2) is 5.95. The standard InChI is InChI=1S/C12H6BrFN6/c13-8-6-17-20(7-8)12-2-1-9(14)3-11(12)19-18-10(4-15)5-16/h1-3,6-7,19H. The summed E-state index contributed by atoms with van der Waals surface area (Å²) >= 11 is 3.26. The number of nitriles is 2. The molecular formula is C12H6BrFN6. The fourth-order valence-corrected chi connectivity index (χ4v) is 1.71. The summed E-state index contributed by atoms with van der Waals surface area (Å²) in [5, 5.41) is 24.9. The van der Waals surface area contributed by atoms with Crippen LogP contribution in [0.15, 0.2) is 40.2 Å². The predicted molar refractivity (Wildman–Crippen MR) is 73.5 cm³/mol. The van der Waals surface area contributed by atoms with Crippen LogP contribution in [0.2, 0.25) is 0 Å². The second-order valence-electron chi connectivity index (χ2n) is 3.56. The first-order valence-electron chi connectivity index (χ1n) is 5.28. The molecule has 0 bridgehead atoms. The molecule has 0 unspecified atom stereocenters. The van der Waals surface area contributed by atoms with Crippen LogP contribution in [0.3, 0.4) is 0 Å². The van der Waals surface area contributed by atoms with Crippen molar-refractivity contribution in [3.05, 3.63) is 40.9 Å². The zero-order chi connectivity index (χ0) is 14.5. The van der Waals surface area contributed by atoms with E-state index in [9.17, 15) is 4.39 Å². The Kier molecular flexibility index (Phi) is 4.08. The Bertz CT molecular complexity index is 736. The third kappa shape index (κ3) is 2.99. The van der Waals surface area contributed by atoms with E-state index in [1.165, 1.54) is 22.9 Å². The molecule has 6 nitrogen and oxygen atoms in total. The van der Waals surface area contributed by atoms with Crippen molar-refractivity contribution in [2.45, 2.75) is 0 Å². The highest BCUT2D eigenvalue weighted by Gasteiger charge is 2.08. The second-order valence-corrected chi connectivity index (χ2v) is 4.48. The number of hydrogen-bond donors (Lipinski definition) is 1. The molecule has 20 heavy (non-hydrogen) atoms. The summed E-state index contributed by atoms with van der Waals surface area (Å²) in [5.41, 5.74) is 2.94. The van der Waals surface area contributed by atoms with Crippen molar-refractivity contribution >= 4 is 27.3 Å². The minimum absolute atomic E-state index is 0.281. The zero-order valence-electron chi connectivity index (χ0n) is 9.88. The van der Waals surface area contributed by atoms with Gasteiger partial charge in [0.05, 0.1) is 22.0 Å². The Morgan fingerprint density at radius 2 is 2.15 bits per heavy atom. The average molecular weight is 333 g/mol. The first kappa shape index (κ1) is 13.7. The summed E-state index contributed by atoms with van der Waals surface area (Å²) in [6.07, 6.45) is 3.25. The molecule has 1 aromatic carbocycles. The minimum atomic E-state index is -0.479. The van der Waals surface area contributed by atoms with Gasteiger partial charge in [-0.25, -0.2) is 9.07 Å². The lowest BCUT2D eigenvalue weighted by Crippen LogP contribution is -2.03. The summed E-state index contributed by atoms with van der Waals surface area (Å²) in [6.45, 7) is 0. The van der Waals surface area contributed by atoms with Gasteiger partial charge in [0.1, 0.15) is 18.0 Å². The first-order valence-corrected chi connectivity index (χ1v) is 6.07. The molecule has 1 N–H and O–H groups in total. The van der Waals surface area contributed by atoms with Crippen molar-refractivity contribution in [2.24, 2.45) is 5.10 Å². The summed E-state index contributed by atoms with van der Waals surface area (Å²) in [4.78, 5) is 0. The van der Waals surface area contributed by atoms with Gasteiger partial charge in [0, 0.05) is 12.3 Å². The third-order valence-electron chi connectivity index (χ3n) is 2.26. The highest BCUT2D eigenvalue weighted by Crippen LogP contribution is 2.22. The van der Waals surface area contributed by atoms with E-state index in [4.69, 9.17) is 10.5 Å². The number of hydrogen-bond acceptors (Lipinski definition) is 5. The molecule has 0 aliphatic heterocycles. The summed E-state index contributed by atoms with van der Waals surface area (Å²) in [5.74, 6) is -0.479. The highest BCUT2D eigenvalue weighted by atomic mass is 79.9. The van der Waals surface area contributed by atoms with Crippen molar-refractivity contribution in [3.8, 4) is 17.8 Å². The van der Waals surface area contributed by atoms with Gasteiger partial charge >= 0.3 is 0 Å². The molecule has 0 aliphatic rings. The Morgan fingerprint density at radius 1 is 1.40 bits per heavy atom. The van der Waals surface area contributed by atoms with E-state index in [1.807, 2.05) is 0 Å². The fraction of sp³-hybridized carbons (Fsp3) is 0. The molecule has 2 aromatic rings. The van der Waals surface area contributed by atoms with E-state index in [2.05, 4.69) is 31.6 Å². The van der Waals surface area contributed by atoms with E-state index in [0.717, 1.165) is 4.47 Å². The number of benzene rings is 1. The molecule has 0 radical (unpaired) electrons. The van der Waals surface area contributed by atoms with Crippen LogP contribution in [0.4, 0.5) is 10.1 Å². The van der Waals surface area contributed by atoms with Gasteiger partial charge < -0.3 is 0 Å². The van der Waals surface area contributed by atoms with E-state index in [-0.39, 0.29) is 11.4 Å². The largest absolute Gasteiger partial charge is 0.274 e. The Labute approximate surface area is 121 Å². The number of halogens is 2. The first-order chi connectivity index (χ1) is 9.63. The lowest BCUT2D eigenvalue weighted by atomic mass is 10.2. The van der Waals surface area contributed by atoms with E-state index < -0.39 is 5.82 Å². The van der Waals surface area contributed by atoms with Crippen LogP contribution in [0.1, 0.15) is 0 Å². The topological polar surface area (TPSA) is 89.8 Å². The number of nitrogens with zero attached hydrogens (tertiary/aromatic N) is 5. The average Bonchev–Trinajstić information content (AvgIpc) is 2.86. The van der Waals surface area contributed by atoms with Gasteiger partial charge in [-0.05, 0) is 28.1 Å². The normalized spacial score (nSPS) is 9.40. The van der Waals surface area contributed by atoms with Crippen LogP contribution >= 0.6 is 15.9 Å². The molecular weight excluding hydrogens is 327 g/mol. The zero-order valence-corrected chi connectivity index (χ0v) is 11.5. The molecule has 1 aromatic heterocycles. The molecule has 2 rings (SSSR count). The maximum atomic E-state index is 13.3. The molecule has 0 aliphatic carbocycles. The smallest absolute Gasteiger partial charge is 0.237 e. The summed E-state index contributed by atoms with van der Waals surface area (Å²) in [7, 11) is 0. The van der Waals surface area contributed by atoms with Gasteiger partial charge in [0.25, 0.3) is 0 Å². The number of anilines is 1. The van der Waals surface area contributed by atoms with Crippen LogP contribution in [0, 0.1) is 28.5 Å². The number of nitrogens with one attached hydrogen (secondary N) is 1.